The average Bonchev–Trinajstić information content (AvgIpc) is 2.93. The number of carbonyl (C=O) groups is 1. The van der Waals surface area contributed by atoms with Crippen molar-refractivity contribution in [3.63, 3.8) is 0 Å². The summed E-state index contributed by atoms with van der Waals surface area (Å²) in [5.74, 6) is -0.328. The van der Waals surface area contributed by atoms with Crippen LogP contribution in [-0.2, 0) is 16.0 Å². The van der Waals surface area contributed by atoms with Gasteiger partial charge in [-0.3, -0.25) is 14.9 Å². The van der Waals surface area contributed by atoms with Crippen LogP contribution in [-0.4, -0.2) is 22.5 Å². The molecule has 1 aromatic heterocycles. The molecule has 0 radical (unpaired) electrons. The molecule has 1 N–H and O–H groups in total. The van der Waals surface area contributed by atoms with Crippen molar-refractivity contribution in [2.75, 3.05) is 11.3 Å². The van der Waals surface area contributed by atoms with Gasteiger partial charge in [-0.1, -0.05) is 12.1 Å². The second-order valence-corrected chi connectivity index (χ2v) is 5.76. The largest absolute Gasteiger partial charge is 0.466 e. The highest BCUT2D eigenvalue weighted by atomic mass is 32.2. The maximum atomic E-state index is 11.4. The molecule has 0 spiro atoms. The SMILES string of the molecule is CCOC(=O)Cc1csc(NSc2ccccc2[N+](=O)[O-])n1. The molecule has 0 saturated heterocycles. The molecule has 9 heteroatoms. The van der Waals surface area contributed by atoms with Gasteiger partial charge in [-0.25, -0.2) is 4.98 Å². The van der Waals surface area contributed by atoms with E-state index in [1.54, 1.807) is 30.5 Å². The number of anilines is 1. The lowest BCUT2D eigenvalue weighted by Gasteiger charge is -2.02. The molecule has 0 unspecified atom stereocenters. The van der Waals surface area contributed by atoms with Gasteiger partial charge in [0.15, 0.2) is 5.13 Å². The fourth-order valence-corrected chi connectivity index (χ4v) is 3.10. The van der Waals surface area contributed by atoms with E-state index in [1.165, 1.54) is 17.4 Å². The molecule has 0 atom stereocenters. The number of nitrogens with zero attached hydrogens (tertiary/aromatic N) is 2. The lowest BCUT2D eigenvalue weighted by molar-refractivity contribution is -0.387. The number of hydrogen-bond donors (Lipinski definition) is 1. The predicted molar refractivity (Wildman–Crippen MR) is 85.0 cm³/mol. The van der Waals surface area contributed by atoms with Crippen molar-refractivity contribution in [3.8, 4) is 0 Å². The van der Waals surface area contributed by atoms with Gasteiger partial charge in [-0.2, -0.15) is 0 Å². The Bertz CT molecular complexity index is 675. The summed E-state index contributed by atoms with van der Waals surface area (Å²) in [5.41, 5.74) is 0.636. The minimum absolute atomic E-state index is 0.0308. The Labute approximate surface area is 135 Å². The minimum atomic E-state index is -0.432. The fraction of sp³-hybridized carbons (Fsp3) is 0.231. The number of ether oxygens (including phenoxy) is 1. The van der Waals surface area contributed by atoms with Gasteiger partial charge in [0.2, 0.25) is 0 Å². The molecule has 22 heavy (non-hydrogen) atoms. The number of esters is 1. The molecule has 0 aliphatic carbocycles. The van der Waals surface area contributed by atoms with Gasteiger partial charge in [0.25, 0.3) is 5.69 Å². The van der Waals surface area contributed by atoms with Gasteiger partial charge in [0.05, 0.1) is 23.6 Å². The number of hydrogen-bond acceptors (Lipinski definition) is 8. The zero-order valence-electron chi connectivity index (χ0n) is 11.6. The third-order valence-electron chi connectivity index (χ3n) is 2.49. The maximum absolute atomic E-state index is 11.4. The Kier molecular flexibility index (Phi) is 5.73. The number of nitrogens with one attached hydrogen (secondary N) is 1. The number of nitro benzene ring substituents is 1. The molecule has 2 aromatic rings. The number of thiazole rings is 1. The molecular weight excluding hydrogens is 326 g/mol. The summed E-state index contributed by atoms with van der Waals surface area (Å²) in [6, 6.07) is 6.44. The van der Waals surface area contributed by atoms with Crippen LogP contribution in [0.1, 0.15) is 12.6 Å². The van der Waals surface area contributed by atoms with E-state index >= 15 is 0 Å². The first-order valence-corrected chi connectivity index (χ1v) is 8.06. The van der Waals surface area contributed by atoms with Gasteiger partial charge < -0.3 is 9.46 Å². The highest BCUT2D eigenvalue weighted by Gasteiger charge is 2.14. The van der Waals surface area contributed by atoms with Crippen LogP contribution in [0.3, 0.4) is 0 Å². The van der Waals surface area contributed by atoms with E-state index < -0.39 is 4.92 Å². The standard InChI is InChI=1S/C13H13N3O4S2/c1-2-20-12(17)7-9-8-21-13(14-9)15-22-11-6-4-3-5-10(11)16(18)19/h3-6,8H,2,7H2,1H3,(H,14,15). The molecule has 0 bridgehead atoms. The first-order valence-electron chi connectivity index (χ1n) is 6.36. The second-order valence-electron chi connectivity index (χ2n) is 4.05. The Morgan fingerprint density at radius 2 is 2.27 bits per heavy atom. The summed E-state index contributed by atoms with van der Waals surface area (Å²) in [7, 11) is 0. The number of para-hydroxylation sites is 1. The molecule has 0 aliphatic heterocycles. The van der Waals surface area contributed by atoms with Crippen LogP contribution in [0.15, 0.2) is 34.5 Å². The first kappa shape index (κ1) is 16.2. The molecule has 1 heterocycles. The van der Waals surface area contributed by atoms with E-state index in [4.69, 9.17) is 4.74 Å². The van der Waals surface area contributed by atoms with Crippen molar-refractivity contribution >= 4 is 40.1 Å². The highest BCUT2D eigenvalue weighted by molar-refractivity contribution is 8.00. The third-order valence-corrected chi connectivity index (χ3v) is 4.29. The highest BCUT2D eigenvalue weighted by Crippen LogP contribution is 2.30. The van der Waals surface area contributed by atoms with Gasteiger partial charge in [-0.15, -0.1) is 11.3 Å². The Morgan fingerprint density at radius 1 is 1.50 bits per heavy atom. The molecule has 1 aromatic carbocycles. The third kappa shape index (κ3) is 4.43. The van der Waals surface area contributed by atoms with Crippen LogP contribution < -0.4 is 4.72 Å². The number of aromatic nitrogens is 1. The first-order chi connectivity index (χ1) is 10.6. The quantitative estimate of drug-likeness (QED) is 0.358. The van der Waals surface area contributed by atoms with E-state index in [0.29, 0.717) is 22.3 Å². The topological polar surface area (TPSA) is 94.4 Å². The normalized spacial score (nSPS) is 10.2. The van der Waals surface area contributed by atoms with E-state index in [9.17, 15) is 14.9 Å². The summed E-state index contributed by atoms with van der Waals surface area (Å²) in [6.07, 6.45) is 0.113. The summed E-state index contributed by atoms with van der Waals surface area (Å²) in [6.45, 7) is 2.08. The average molecular weight is 339 g/mol. The molecular formula is C13H13N3O4S2. The Morgan fingerprint density at radius 3 is 3.00 bits per heavy atom. The van der Waals surface area contributed by atoms with Crippen molar-refractivity contribution < 1.29 is 14.5 Å². The molecule has 0 aliphatic rings. The number of rotatable bonds is 7. The number of nitro groups is 1. The van der Waals surface area contributed by atoms with Crippen LogP contribution in [0.4, 0.5) is 10.8 Å². The lowest BCUT2D eigenvalue weighted by atomic mass is 10.3. The van der Waals surface area contributed by atoms with E-state index in [-0.39, 0.29) is 18.1 Å². The van der Waals surface area contributed by atoms with Crippen LogP contribution in [0, 0.1) is 10.1 Å². The van der Waals surface area contributed by atoms with Crippen LogP contribution >= 0.6 is 23.3 Å². The molecule has 0 fully saturated rings. The number of carbonyl (C=O) groups excluding carboxylic acids is 1. The van der Waals surface area contributed by atoms with Crippen molar-refractivity contribution in [3.05, 3.63) is 45.5 Å². The lowest BCUT2D eigenvalue weighted by Crippen LogP contribution is -2.07. The summed E-state index contributed by atoms with van der Waals surface area (Å²) in [5, 5.41) is 13.2. The summed E-state index contributed by atoms with van der Waals surface area (Å²) in [4.78, 5) is 26.6. The maximum Gasteiger partial charge on any atom is 0.311 e. The fourth-order valence-electron chi connectivity index (χ4n) is 1.59. The van der Waals surface area contributed by atoms with Crippen LogP contribution in [0.25, 0.3) is 0 Å². The molecule has 0 saturated carbocycles. The zero-order chi connectivity index (χ0) is 15.9. The zero-order valence-corrected chi connectivity index (χ0v) is 13.3. The van der Waals surface area contributed by atoms with Gasteiger partial charge in [-0.05, 0) is 24.9 Å². The Balaban J connectivity index is 1.97. The second kappa shape index (κ2) is 7.76. The van der Waals surface area contributed by atoms with Crippen molar-refractivity contribution in [2.45, 2.75) is 18.2 Å². The molecule has 2 rings (SSSR count). The number of benzene rings is 1. The van der Waals surface area contributed by atoms with Crippen LogP contribution in [0.5, 0.6) is 0 Å². The summed E-state index contributed by atoms with van der Waals surface area (Å²) < 4.78 is 7.80. The minimum Gasteiger partial charge on any atom is -0.466 e. The Hall–Kier alpha value is -2.13. The van der Waals surface area contributed by atoms with Gasteiger partial charge >= 0.3 is 5.97 Å². The van der Waals surface area contributed by atoms with E-state index in [2.05, 4.69) is 9.71 Å². The monoisotopic (exact) mass is 339 g/mol. The van der Waals surface area contributed by atoms with Gasteiger partial charge in [0, 0.05) is 11.4 Å². The van der Waals surface area contributed by atoms with Gasteiger partial charge in [0.1, 0.15) is 4.90 Å². The predicted octanol–water partition coefficient (Wildman–Crippen LogP) is 3.28. The van der Waals surface area contributed by atoms with Crippen molar-refractivity contribution in [1.82, 2.24) is 4.98 Å². The smallest absolute Gasteiger partial charge is 0.311 e. The molecule has 116 valence electrons. The molecule has 7 nitrogen and oxygen atoms in total. The summed E-state index contributed by atoms with van der Waals surface area (Å²) >= 11 is 2.43. The molecule has 0 amide bonds. The van der Waals surface area contributed by atoms with Crippen molar-refractivity contribution in [2.24, 2.45) is 0 Å². The van der Waals surface area contributed by atoms with Crippen LogP contribution in [0.2, 0.25) is 0 Å². The van der Waals surface area contributed by atoms with E-state index in [0.717, 1.165) is 11.9 Å². The van der Waals surface area contributed by atoms with Crippen molar-refractivity contribution in [1.29, 1.82) is 0 Å². The van der Waals surface area contributed by atoms with E-state index in [1.807, 2.05) is 0 Å².